The topological polar surface area (TPSA) is 36.4 Å². The van der Waals surface area contributed by atoms with Gasteiger partial charge in [-0.1, -0.05) is 27.2 Å². The van der Waals surface area contributed by atoms with E-state index in [2.05, 4.69) is 37.7 Å². The van der Waals surface area contributed by atoms with E-state index in [1.54, 1.807) is 0 Å². The first kappa shape index (κ1) is 14.0. The molecule has 0 aliphatic rings. The molecular weight excluding hydrogens is 212 g/mol. The van der Waals surface area contributed by atoms with Gasteiger partial charge < -0.3 is 10.0 Å². The van der Waals surface area contributed by atoms with Crippen molar-refractivity contribution in [2.45, 2.75) is 40.2 Å². The van der Waals surface area contributed by atoms with Gasteiger partial charge in [0, 0.05) is 19.3 Å². The molecule has 1 aromatic rings. The summed E-state index contributed by atoms with van der Waals surface area (Å²) in [5.74, 6) is 1.62. The van der Waals surface area contributed by atoms with Gasteiger partial charge in [0.05, 0.1) is 6.61 Å². The van der Waals surface area contributed by atoms with Gasteiger partial charge in [-0.15, -0.1) is 0 Å². The molecule has 0 saturated heterocycles. The first-order valence-corrected chi connectivity index (χ1v) is 6.42. The van der Waals surface area contributed by atoms with E-state index in [0.717, 1.165) is 30.0 Å². The van der Waals surface area contributed by atoms with E-state index in [4.69, 9.17) is 0 Å². The molecule has 3 heteroatoms. The Hall–Kier alpha value is -1.09. The lowest BCUT2D eigenvalue weighted by Gasteiger charge is -2.22. The summed E-state index contributed by atoms with van der Waals surface area (Å²) < 4.78 is 0. The zero-order valence-electron chi connectivity index (χ0n) is 11.4. The van der Waals surface area contributed by atoms with E-state index < -0.39 is 0 Å². The van der Waals surface area contributed by atoms with Gasteiger partial charge in [-0.3, -0.25) is 0 Å². The fraction of sp³-hybridized carbons (Fsp3) is 0.643. The molecule has 1 aromatic heterocycles. The number of aryl methyl sites for hydroxylation is 1. The van der Waals surface area contributed by atoms with E-state index in [9.17, 15) is 5.11 Å². The number of aliphatic hydroxyl groups is 1. The minimum atomic E-state index is 0.0830. The molecule has 96 valence electrons. The summed E-state index contributed by atoms with van der Waals surface area (Å²) in [6.07, 6.45) is 2.07. The van der Waals surface area contributed by atoms with Crippen LogP contribution in [0.15, 0.2) is 12.1 Å². The summed E-state index contributed by atoms with van der Waals surface area (Å²) in [6.45, 7) is 7.61. The molecule has 1 N–H and O–H groups in total. The van der Waals surface area contributed by atoms with Crippen LogP contribution in [0.4, 0.5) is 5.82 Å². The van der Waals surface area contributed by atoms with Crippen molar-refractivity contribution in [3.8, 4) is 0 Å². The van der Waals surface area contributed by atoms with E-state index in [1.165, 1.54) is 6.42 Å². The first-order chi connectivity index (χ1) is 8.10. The summed E-state index contributed by atoms with van der Waals surface area (Å²) in [7, 11) is 2.06. The van der Waals surface area contributed by atoms with E-state index in [-0.39, 0.29) is 6.61 Å². The highest BCUT2D eigenvalue weighted by Gasteiger charge is 2.09. The highest BCUT2D eigenvalue weighted by Crippen LogP contribution is 2.16. The van der Waals surface area contributed by atoms with Crippen LogP contribution in [-0.4, -0.2) is 23.7 Å². The van der Waals surface area contributed by atoms with Crippen LogP contribution in [0, 0.1) is 5.92 Å². The van der Waals surface area contributed by atoms with Crippen molar-refractivity contribution in [2.75, 3.05) is 18.5 Å². The molecule has 1 atom stereocenters. The van der Waals surface area contributed by atoms with Crippen LogP contribution in [0.5, 0.6) is 0 Å². The Kier molecular flexibility index (Phi) is 5.42. The molecule has 0 spiro atoms. The Balaban J connectivity index is 2.88. The highest BCUT2D eigenvalue weighted by molar-refractivity contribution is 5.42. The Morgan fingerprint density at radius 3 is 2.59 bits per heavy atom. The molecule has 0 aliphatic carbocycles. The molecule has 0 bridgehead atoms. The molecule has 1 rings (SSSR count). The van der Waals surface area contributed by atoms with Crippen LogP contribution >= 0.6 is 0 Å². The fourth-order valence-corrected chi connectivity index (χ4v) is 1.79. The second-order valence-electron chi connectivity index (χ2n) is 4.73. The zero-order valence-corrected chi connectivity index (χ0v) is 11.4. The number of rotatable bonds is 6. The molecule has 0 aromatic carbocycles. The Labute approximate surface area is 104 Å². The summed E-state index contributed by atoms with van der Waals surface area (Å²) >= 11 is 0. The third-order valence-corrected chi connectivity index (χ3v) is 3.14. The van der Waals surface area contributed by atoms with Crippen LogP contribution in [0.3, 0.4) is 0 Å². The van der Waals surface area contributed by atoms with E-state index in [1.807, 2.05) is 12.1 Å². The third kappa shape index (κ3) is 4.00. The van der Waals surface area contributed by atoms with Gasteiger partial charge >= 0.3 is 0 Å². The maximum atomic E-state index is 9.25. The molecule has 0 fully saturated rings. The smallest absolute Gasteiger partial charge is 0.128 e. The maximum Gasteiger partial charge on any atom is 0.128 e. The van der Waals surface area contributed by atoms with Crippen LogP contribution in [-0.2, 0) is 13.0 Å². The minimum Gasteiger partial charge on any atom is -0.392 e. The molecular formula is C14H24N2O. The standard InChI is InChI=1S/C14H24N2O/c1-5-11(3)9-16(4)14-8-12(10-17)7-13(6-2)15-14/h7-8,11,17H,5-6,9-10H2,1-4H3. The van der Waals surface area contributed by atoms with Gasteiger partial charge in [0.25, 0.3) is 0 Å². The number of aromatic nitrogens is 1. The number of pyridine rings is 1. The van der Waals surface area contributed by atoms with Crippen molar-refractivity contribution < 1.29 is 5.11 Å². The van der Waals surface area contributed by atoms with E-state index >= 15 is 0 Å². The molecule has 0 radical (unpaired) electrons. The summed E-state index contributed by atoms with van der Waals surface area (Å²) in [5.41, 5.74) is 1.99. The average molecular weight is 236 g/mol. The Bertz CT molecular complexity index is 330. The SMILES string of the molecule is CCc1cc(CO)cc(N(C)CC(C)CC)n1. The van der Waals surface area contributed by atoms with Gasteiger partial charge in [-0.25, -0.2) is 4.98 Å². The molecule has 0 saturated carbocycles. The third-order valence-electron chi connectivity index (χ3n) is 3.14. The Morgan fingerprint density at radius 1 is 1.35 bits per heavy atom. The second kappa shape index (κ2) is 6.60. The number of hydrogen-bond donors (Lipinski definition) is 1. The molecule has 1 unspecified atom stereocenters. The van der Waals surface area contributed by atoms with Crippen molar-refractivity contribution in [1.82, 2.24) is 4.98 Å². The quantitative estimate of drug-likeness (QED) is 0.825. The van der Waals surface area contributed by atoms with Gasteiger partial charge in [-0.2, -0.15) is 0 Å². The Morgan fingerprint density at radius 2 is 2.06 bits per heavy atom. The molecule has 3 nitrogen and oxygen atoms in total. The van der Waals surface area contributed by atoms with Crippen molar-refractivity contribution in [3.05, 3.63) is 23.4 Å². The average Bonchev–Trinajstić information content (AvgIpc) is 2.37. The van der Waals surface area contributed by atoms with Crippen molar-refractivity contribution in [1.29, 1.82) is 0 Å². The molecule has 1 heterocycles. The predicted molar refractivity (Wildman–Crippen MR) is 72.3 cm³/mol. The summed E-state index contributed by atoms with van der Waals surface area (Å²) in [6, 6.07) is 3.95. The lowest BCUT2D eigenvalue weighted by Crippen LogP contribution is -2.25. The summed E-state index contributed by atoms with van der Waals surface area (Å²) in [5, 5.41) is 9.25. The molecule has 0 aliphatic heterocycles. The lowest BCUT2D eigenvalue weighted by atomic mass is 10.1. The zero-order chi connectivity index (χ0) is 12.8. The van der Waals surface area contributed by atoms with Gasteiger partial charge in [0.15, 0.2) is 0 Å². The largest absolute Gasteiger partial charge is 0.392 e. The number of aliphatic hydroxyl groups excluding tert-OH is 1. The van der Waals surface area contributed by atoms with Gasteiger partial charge in [-0.05, 0) is 30.0 Å². The normalized spacial score (nSPS) is 12.5. The highest BCUT2D eigenvalue weighted by atomic mass is 16.3. The number of anilines is 1. The maximum absolute atomic E-state index is 9.25. The van der Waals surface area contributed by atoms with Crippen molar-refractivity contribution in [2.24, 2.45) is 5.92 Å². The van der Waals surface area contributed by atoms with Crippen molar-refractivity contribution in [3.63, 3.8) is 0 Å². The minimum absolute atomic E-state index is 0.0830. The van der Waals surface area contributed by atoms with Gasteiger partial charge in [0.1, 0.15) is 5.82 Å². The monoisotopic (exact) mass is 236 g/mol. The second-order valence-corrected chi connectivity index (χ2v) is 4.73. The number of nitrogens with zero attached hydrogens (tertiary/aromatic N) is 2. The number of hydrogen-bond acceptors (Lipinski definition) is 3. The first-order valence-electron chi connectivity index (χ1n) is 6.42. The molecule has 17 heavy (non-hydrogen) atoms. The van der Waals surface area contributed by atoms with Crippen LogP contribution in [0.2, 0.25) is 0 Å². The van der Waals surface area contributed by atoms with E-state index in [0.29, 0.717) is 5.92 Å². The summed E-state index contributed by atoms with van der Waals surface area (Å²) in [4.78, 5) is 6.78. The van der Waals surface area contributed by atoms with Crippen molar-refractivity contribution >= 4 is 5.82 Å². The lowest BCUT2D eigenvalue weighted by molar-refractivity contribution is 0.281. The van der Waals surface area contributed by atoms with Crippen LogP contribution < -0.4 is 4.90 Å². The molecule has 0 amide bonds. The van der Waals surface area contributed by atoms with Crippen LogP contribution in [0.25, 0.3) is 0 Å². The van der Waals surface area contributed by atoms with Crippen LogP contribution in [0.1, 0.15) is 38.4 Å². The predicted octanol–water partition coefficient (Wildman–Crippen LogP) is 2.62. The fourth-order valence-electron chi connectivity index (χ4n) is 1.79. The van der Waals surface area contributed by atoms with Gasteiger partial charge in [0.2, 0.25) is 0 Å².